The van der Waals surface area contributed by atoms with E-state index in [1.807, 2.05) is 24.1 Å². The molecule has 2 rings (SSSR count). The highest BCUT2D eigenvalue weighted by molar-refractivity contribution is 9.10. The molecule has 0 heterocycles. The highest BCUT2D eigenvalue weighted by Crippen LogP contribution is 2.24. The number of nitrogens with zero attached hydrogens (tertiary/aromatic N) is 1. The number of benzene rings is 2. The van der Waals surface area contributed by atoms with Gasteiger partial charge in [-0.05, 0) is 58.4 Å². The van der Waals surface area contributed by atoms with Crippen molar-refractivity contribution in [1.29, 1.82) is 0 Å². The minimum absolute atomic E-state index is 0.129. The van der Waals surface area contributed by atoms with Gasteiger partial charge in [-0.2, -0.15) is 0 Å². The van der Waals surface area contributed by atoms with E-state index in [-0.39, 0.29) is 17.7 Å². The van der Waals surface area contributed by atoms with Gasteiger partial charge in [0.05, 0.1) is 4.47 Å². The molecule has 0 saturated carbocycles. The summed E-state index contributed by atoms with van der Waals surface area (Å²) in [5.74, 6) is -0.579. The van der Waals surface area contributed by atoms with Crippen molar-refractivity contribution in [1.82, 2.24) is 4.90 Å². The standard InChI is InChI=1S/C16H17BrF2N2/c1-21(10-11-3-2-4-13(18)7-11)16(9-20)12-5-6-14(17)15(19)8-12/h2-8,16H,9-10,20H2,1H3. The fourth-order valence-corrected chi connectivity index (χ4v) is 2.57. The highest BCUT2D eigenvalue weighted by Gasteiger charge is 2.17. The van der Waals surface area contributed by atoms with Crippen LogP contribution in [-0.4, -0.2) is 18.5 Å². The molecule has 0 amide bonds. The molecule has 0 saturated heterocycles. The maximum absolute atomic E-state index is 13.7. The molecule has 0 aliphatic rings. The largest absolute Gasteiger partial charge is 0.329 e. The smallest absolute Gasteiger partial charge is 0.137 e. The summed E-state index contributed by atoms with van der Waals surface area (Å²) in [6.07, 6.45) is 0. The number of halogens is 3. The van der Waals surface area contributed by atoms with Crippen LogP contribution in [0.25, 0.3) is 0 Å². The summed E-state index contributed by atoms with van der Waals surface area (Å²) in [5, 5.41) is 0. The van der Waals surface area contributed by atoms with Crippen LogP contribution in [0.5, 0.6) is 0 Å². The minimum atomic E-state index is -0.315. The molecule has 0 aliphatic carbocycles. The van der Waals surface area contributed by atoms with Crippen molar-refractivity contribution in [3.63, 3.8) is 0 Å². The monoisotopic (exact) mass is 354 g/mol. The zero-order chi connectivity index (χ0) is 15.4. The number of nitrogens with two attached hydrogens (primary N) is 1. The van der Waals surface area contributed by atoms with Gasteiger partial charge >= 0.3 is 0 Å². The molecular formula is C16H17BrF2N2. The van der Waals surface area contributed by atoms with Crippen molar-refractivity contribution in [3.05, 3.63) is 69.7 Å². The molecule has 2 aromatic rings. The zero-order valence-corrected chi connectivity index (χ0v) is 13.3. The third-order valence-electron chi connectivity index (χ3n) is 3.40. The summed E-state index contributed by atoms with van der Waals surface area (Å²) < 4.78 is 27.3. The Bertz CT molecular complexity index is 619. The van der Waals surface area contributed by atoms with Gasteiger partial charge in [-0.1, -0.05) is 18.2 Å². The molecule has 0 fully saturated rings. The zero-order valence-electron chi connectivity index (χ0n) is 11.7. The third kappa shape index (κ3) is 4.09. The Morgan fingerprint density at radius 2 is 1.95 bits per heavy atom. The highest BCUT2D eigenvalue weighted by atomic mass is 79.9. The van der Waals surface area contributed by atoms with E-state index in [1.54, 1.807) is 12.1 Å². The van der Waals surface area contributed by atoms with Crippen molar-refractivity contribution in [3.8, 4) is 0 Å². The first-order chi connectivity index (χ1) is 10.0. The van der Waals surface area contributed by atoms with Gasteiger partial charge in [0.2, 0.25) is 0 Å². The Kier molecular flexibility index (Phi) is 5.45. The van der Waals surface area contributed by atoms with Gasteiger partial charge in [0, 0.05) is 19.1 Å². The van der Waals surface area contributed by atoms with Crippen molar-refractivity contribution in [2.75, 3.05) is 13.6 Å². The number of likely N-dealkylation sites (N-methyl/N-ethyl adjacent to an activating group) is 1. The van der Waals surface area contributed by atoms with Crippen molar-refractivity contribution in [2.24, 2.45) is 5.73 Å². The van der Waals surface area contributed by atoms with Crippen LogP contribution in [0.3, 0.4) is 0 Å². The summed E-state index contributed by atoms with van der Waals surface area (Å²) in [7, 11) is 1.89. The quantitative estimate of drug-likeness (QED) is 0.883. The van der Waals surface area contributed by atoms with Crippen LogP contribution >= 0.6 is 15.9 Å². The minimum Gasteiger partial charge on any atom is -0.329 e. The van der Waals surface area contributed by atoms with Crippen LogP contribution in [0, 0.1) is 11.6 Å². The second kappa shape index (κ2) is 7.11. The lowest BCUT2D eigenvalue weighted by Gasteiger charge is -2.27. The second-order valence-corrected chi connectivity index (χ2v) is 5.82. The Morgan fingerprint density at radius 1 is 1.19 bits per heavy atom. The summed E-state index contributed by atoms with van der Waals surface area (Å²) >= 11 is 3.14. The van der Waals surface area contributed by atoms with Crippen molar-refractivity contribution in [2.45, 2.75) is 12.6 Å². The van der Waals surface area contributed by atoms with Gasteiger partial charge < -0.3 is 5.73 Å². The number of hydrogen-bond acceptors (Lipinski definition) is 2. The molecule has 0 aliphatic heterocycles. The summed E-state index contributed by atoms with van der Waals surface area (Å²) in [4.78, 5) is 1.98. The lowest BCUT2D eigenvalue weighted by molar-refractivity contribution is 0.241. The molecule has 112 valence electrons. The molecule has 0 bridgehead atoms. The van der Waals surface area contributed by atoms with E-state index in [9.17, 15) is 8.78 Å². The van der Waals surface area contributed by atoms with Crippen LogP contribution in [0.15, 0.2) is 46.9 Å². The van der Waals surface area contributed by atoms with Crippen LogP contribution in [0.4, 0.5) is 8.78 Å². The molecule has 2 N–H and O–H groups in total. The molecule has 21 heavy (non-hydrogen) atoms. The van der Waals surface area contributed by atoms with Gasteiger partial charge in [0.1, 0.15) is 11.6 Å². The normalized spacial score (nSPS) is 12.7. The first-order valence-electron chi connectivity index (χ1n) is 6.61. The van der Waals surface area contributed by atoms with Gasteiger partial charge in [-0.3, -0.25) is 4.90 Å². The third-order valence-corrected chi connectivity index (χ3v) is 4.05. The van der Waals surface area contributed by atoms with Gasteiger partial charge in [-0.25, -0.2) is 8.78 Å². The van der Waals surface area contributed by atoms with Crippen LogP contribution in [0.1, 0.15) is 17.2 Å². The topological polar surface area (TPSA) is 29.3 Å². The maximum Gasteiger partial charge on any atom is 0.137 e. The van der Waals surface area contributed by atoms with E-state index in [2.05, 4.69) is 15.9 Å². The lowest BCUT2D eigenvalue weighted by Crippen LogP contribution is -2.30. The van der Waals surface area contributed by atoms with E-state index in [4.69, 9.17) is 5.73 Å². The summed E-state index contributed by atoms with van der Waals surface area (Å²) in [6.45, 7) is 0.893. The van der Waals surface area contributed by atoms with E-state index in [0.717, 1.165) is 11.1 Å². The lowest BCUT2D eigenvalue weighted by atomic mass is 10.0. The molecular weight excluding hydrogens is 338 g/mol. The predicted molar refractivity (Wildman–Crippen MR) is 83.8 cm³/mol. The fraction of sp³-hybridized carbons (Fsp3) is 0.250. The average Bonchev–Trinajstić information content (AvgIpc) is 2.43. The Hall–Kier alpha value is -1.30. The SMILES string of the molecule is CN(Cc1cccc(F)c1)C(CN)c1ccc(Br)c(F)c1. The van der Waals surface area contributed by atoms with Gasteiger partial charge in [0.15, 0.2) is 0 Å². The molecule has 5 heteroatoms. The Balaban J connectivity index is 2.18. The maximum atomic E-state index is 13.7. The molecule has 2 nitrogen and oxygen atoms in total. The number of rotatable bonds is 5. The molecule has 1 unspecified atom stereocenters. The van der Waals surface area contributed by atoms with Gasteiger partial charge in [0.25, 0.3) is 0 Å². The van der Waals surface area contributed by atoms with Crippen molar-refractivity contribution >= 4 is 15.9 Å². The van der Waals surface area contributed by atoms with Crippen LogP contribution in [0.2, 0.25) is 0 Å². The molecule has 2 aromatic carbocycles. The molecule has 0 radical (unpaired) electrons. The van der Waals surface area contributed by atoms with Crippen LogP contribution in [-0.2, 0) is 6.54 Å². The van der Waals surface area contributed by atoms with E-state index in [0.29, 0.717) is 17.6 Å². The molecule has 0 aromatic heterocycles. The molecule has 1 atom stereocenters. The predicted octanol–water partition coefficient (Wildman–Crippen LogP) is 3.86. The average molecular weight is 355 g/mol. The Labute approximate surface area is 131 Å². The fourth-order valence-electron chi connectivity index (χ4n) is 2.32. The van der Waals surface area contributed by atoms with Crippen molar-refractivity contribution < 1.29 is 8.78 Å². The second-order valence-electron chi connectivity index (χ2n) is 4.97. The van der Waals surface area contributed by atoms with E-state index >= 15 is 0 Å². The first-order valence-corrected chi connectivity index (χ1v) is 7.40. The van der Waals surface area contributed by atoms with Crippen LogP contribution < -0.4 is 5.73 Å². The van der Waals surface area contributed by atoms with E-state index < -0.39 is 0 Å². The molecule has 0 spiro atoms. The summed E-state index contributed by atoms with van der Waals surface area (Å²) in [5.41, 5.74) is 7.49. The van der Waals surface area contributed by atoms with Gasteiger partial charge in [-0.15, -0.1) is 0 Å². The first kappa shape index (κ1) is 16.1. The summed E-state index contributed by atoms with van der Waals surface area (Å²) in [6, 6.07) is 11.3. The Morgan fingerprint density at radius 3 is 2.57 bits per heavy atom. The number of hydrogen-bond donors (Lipinski definition) is 1. The van der Waals surface area contributed by atoms with E-state index in [1.165, 1.54) is 18.2 Å².